The first-order chi connectivity index (χ1) is 10.2. The van der Waals surface area contributed by atoms with Gasteiger partial charge in [0.25, 0.3) is 0 Å². The van der Waals surface area contributed by atoms with Crippen molar-refractivity contribution in [3.63, 3.8) is 0 Å². The van der Waals surface area contributed by atoms with Crippen LogP contribution in [0.2, 0.25) is 0 Å². The molecule has 0 saturated heterocycles. The smallest absolute Gasteiger partial charge is 0.227 e. The fourth-order valence-corrected chi connectivity index (χ4v) is 2.61. The number of carbonyl (C=O) groups is 1. The standard InChI is InChI=1S/C17H18BrNO2/c18-15-9-4-5-10-16(15)19(17(21)11-6-12-20)13-14-7-2-1-3-8-14/h1-5,7-10,20H,6,11-13H2. The zero-order chi connectivity index (χ0) is 15.1. The van der Waals surface area contributed by atoms with Gasteiger partial charge in [-0.3, -0.25) is 4.79 Å². The van der Waals surface area contributed by atoms with Crippen LogP contribution < -0.4 is 4.90 Å². The van der Waals surface area contributed by atoms with Gasteiger partial charge >= 0.3 is 0 Å². The molecule has 2 aromatic carbocycles. The average Bonchev–Trinajstić information content (AvgIpc) is 2.52. The Morgan fingerprint density at radius 2 is 1.71 bits per heavy atom. The molecule has 2 rings (SSSR count). The highest BCUT2D eigenvalue weighted by atomic mass is 79.9. The molecule has 4 heteroatoms. The maximum Gasteiger partial charge on any atom is 0.227 e. The van der Waals surface area contributed by atoms with E-state index in [-0.39, 0.29) is 12.5 Å². The second kappa shape index (κ2) is 7.96. The Hall–Kier alpha value is -1.65. The molecule has 0 saturated carbocycles. The number of nitrogens with zero attached hydrogens (tertiary/aromatic N) is 1. The molecule has 0 aliphatic heterocycles. The van der Waals surface area contributed by atoms with Crippen molar-refractivity contribution in [2.45, 2.75) is 19.4 Å². The first-order valence-corrected chi connectivity index (χ1v) is 7.71. The molecular weight excluding hydrogens is 330 g/mol. The third-order valence-electron chi connectivity index (χ3n) is 3.18. The van der Waals surface area contributed by atoms with Crippen LogP contribution in [-0.4, -0.2) is 17.6 Å². The first kappa shape index (κ1) is 15.7. The minimum Gasteiger partial charge on any atom is -0.396 e. The molecule has 0 spiro atoms. The summed E-state index contributed by atoms with van der Waals surface area (Å²) in [5.41, 5.74) is 1.93. The van der Waals surface area contributed by atoms with Crippen molar-refractivity contribution < 1.29 is 9.90 Å². The summed E-state index contributed by atoms with van der Waals surface area (Å²) in [5.74, 6) is 0.0137. The Labute approximate surface area is 133 Å². The summed E-state index contributed by atoms with van der Waals surface area (Å²) in [5, 5.41) is 8.93. The van der Waals surface area contributed by atoms with Crippen LogP contribution in [0.3, 0.4) is 0 Å². The van der Waals surface area contributed by atoms with Gasteiger partial charge in [0.2, 0.25) is 5.91 Å². The summed E-state index contributed by atoms with van der Waals surface area (Å²) in [6.07, 6.45) is 0.819. The van der Waals surface area contributed by atoms with E-state index in [1.54, 1.807) is 4.90 Å². The Morgan fingerprint density at radius 3 is 2.38 bits per heavy atom. The van der Waals surface area contributed by atoms with E-state index in [9.17, 15) is 4.79 Å². The predicted octanol–water partition coefficient (Wildman–Crippen LogP) is 3.75. The normalized spacial score (nSPS) is 10.4. The van der Waals surface area contributed by atoms with Crippen molar-refractivity contribution in [2.75, 3.05) is 11.5 Å². The number of aliphatic hydroxyl groups excluding tert-OH is 1. The maximum absolute atomic E-state index is 12.5. The molecular formula is C17H18BrNO2. The summed E-state index contributed by atoms with van der Waals surface area (Å²) in [6, 6.07) is 17.6. The molecule has 0 aliphatic rings. The average molecular weight is 348 g/mol. The molecule has 3 nitrogen and oxygen atoms in total. The van der Waals surface area contributed by atoms with Gasteiger partial charge in [0, 0.05) is 17.5 Å². The molecule has 1 amide bonds. The zero-order valence-corrected chi connectivity index (χ0v) is 13.3. The topological polar surface area (TPSA) is 40.5 Å². The molecule has 0 bridgehead atoms. The van der Waals surface area contributed by atoms with Crippen LogP contribution in [0.5, 0.6) is 0 Å². The van der Waals surface area contributed by atoms with Gasteiger partial charge in [0.05, 0.1) is 12.2 Å². The second-order valence-electron chi connectivity index (χ2n) is 4.74. The zero-order valence-electron chi connectivity index (χ0n) is 11.7. The van der Waals surface area contributed by atoms with E-state index < -0.39 is 0 Å². The lowest BCUT2D eigenvalue weighted by Crippen LogP contribution is -2.30. The predicted molar refractivity (Wildman–Crippen MR) is 88.1 cm³/mol. The number of halogens is 1. The van der Waals surface area contributed by atoms with Gasteiger partial charge in [-0.25, -0.2) is 0 Å². The van der Waals surface area contributed by atoms with E-state index in [1.165, 1.54) is 0 Å². The van der Waals surface area contributed by atoms with Crippen molar-refractivity contribution in [3.8, 4) is 0 Å². The molecule has 0 heterocycles. The van der Waals surface area contributed by atoms with Gasteiger partial charge in [-0.2, -0.15) is 0 Å². The van der Waals surface area contributed by atoms with Crippen LogP contribution >= 0.6 is 15.9 Å². The molecule has 1 N–H and O–H groups in total. The SMILES string of the molecule is O=C(CCCO)N(Cc1ccccc1)c1ccccc1Br. The molecule has 0 radical (unpaired) electrons. The van der Waals surface area contributed by atoms with Crippen molar-refractivity contribution in [1.82, 2.24) is 0 Å². The van der Waals surface area contributed by atoms with E-state index in [4.69, 9.17) is 5.11 Å². The highest BCUT2D eigenvalue weighted by Gasteiger charge is 2.17. The van der Waals surface area contributed by atoms with Gasteiger partial charge in [-0.05, 0) is 40.0 Å². The van der Waals surface area contributed by atoms with Crippen LogP contribution in [0.15, 0.2) is 59.1 Å². The number of anilines is 1. The third-order valence-corrected chi connectivity index (χ3v) is 3.85. The first-order valence-electron chi connectivity index (χ1n) is 6.92. The van der Waals surface area contributed by atoms with Gasteiger partial charge in [-0.1, -0.05) is 42.5 Å². The van der Waals surface area contributed by atoms with Gasteiger partial charge < -0.3 is 10.0 Å². The van der Waals surface area contributed by atoms with Crippen molar-refractivity contribution in [2.24, 2.45) is 0 Å². The molecule has 0 unspecified atom stereocenters. The van der Waals surface area contributed by atoms with Gasteiger partial charge in [-0.15, -0.1) is 0 Å². The number of hydrogen-bond donors (Lipinski definition) is 1. The fourth-order valence-electron chi connectivity index (χ4n) is 2.11. The minimum absolute atomic E-state index is 0.0137. The second-order valence-corrected chi connectivity index (χ2v) is 5.60. The van der Waals surface area contributed by atoms with E-state index in [1.807, 2.05) is 54.6 Å². The number of para-hydroxylation sites is 1. The van der Waals surface area contributed by atoms with E-state index in [0.29, 0.717) is 19.4 Å². The van der Waals surface area contributed by atoms with E-state index in [2.05, 4.69) is 15.9 Å². The van der Waals surface area contributed by atoms with Gasteiger partial charge in [0.1, 0.15) is 0 Å². The Balaban J connectivity index is 2.26. The molecule has 0 aliphatic carbocycles. The van der Waals surface area contributed by atoms with Crippen molar-refractivity contribution in [3.05, 3.63) is 64.6 Å². The van der Waals surface area contributed by atoms with Crippen LogP contribution in [0.1, 0.15) is 18.4 Å². The summed E-state index contributed by atoms with van der Waals surface area (Å²) in [4.78, 5) is 14.2. The fraction of sp³-hybridized carbons (Fsp3) is 0.235. The highest BCUT2D eigenvalue weighted by molar-refractivity contribution is 9.10. The van der Waals surface area contributed by atoms with E-state index in [0.717, 1.165) is 15.7 Å². The third kappa shape index (κ3) is 4.41. The van der Waals surface area contributed by atoms with Crippen LogP contribution in [0.25, 0.3) is 0 Å². The lowest BCUT2D eigenvalue weighted by atomic mass is 10.1. The minimum atomic E-state index is 0.0137. The molecule has 0 fully saturated rings. The summed E-state index contributed by atoms with van der Waals surface area (Å²) < 4.78 is 0.887. The van der Waals surface area contributed by atoms with Crippen LogP contribution in [0, 0.1) is 0 Å². The Bertz CT molecular complexity index is 586. The largest absolute Gasteiger partial charge is 0.396 e. The number of carbonyl (C=O) groups excluding carboxylic acids is 1. The lowest BCUT2D eigenvalue weighted by Gasteiger charge is -2.24. The van der Waals surface area contributed by atoms with Crippen molar-refractivity contribution >= 4 is 27.5 Å². The summed E-state index contributed by atoms with van der Waals surface area (Å²) in [6.45, 7) is 0.550. The number of hydrogen-bond acceptors (Lipinski definition) is 2. The monoisotopic (exact) mass is 347 g/mol. The number of aliphatic hydroxyl groups is 1. The Kier molecular flexibility index (Phi) is 5.96. The quantitative estimate of drug-likeness (QED) is 0.864. The van der Waals surface area contributed by atoms with Crippen molar-refractivity contribution in [1.29, 1.82) is 0 Å². The lowest BCUT2D eigenvalue weighted by molar-refractivity contribution is -0.119. The molecule has 0 atom stereocenters. The molecule has 2 aromatic rings. The number of rotatable bonds is 6. The molecule has 0 aromatic heterocycles. The molecule has 110 valence electrons. The summed E-state index contributed by atoms with van der Waals surface area (Å²) >= 11 is 3.50. The van der Waals surface area contributed by atoms with E-state index >= 15 is 0 Å². The van der Waals surface area contributed by atoms with Crippen LogP contribution in [-0.2, 0) is 11.3 Å². The summed E-state index contributed by atoms with van der Waals surface area (Å²) in [7, 11) is 0. The van der Waals surface area contributed by atoms with Gasteiger partial charge in [0.15, 0.2) is 0 Å². The highest BCUT2D eigenvalue weighted by Crippen LogP contribution is 2.28. The number of benzene rings is 2. The number of amides is 1. The Morgan fingerprint density at radius 1 is 1.05 bits per heavy atom. The molecule has 21 heavy (non-hydrogen) atoms. The van der Waals surface area contributed by atoms with Crippen LogP contribution in [0.4, 0.5) is 5.69 Å². The maximum atomic E-state index is 12.5.